The molecule has 0 amide bonds. The molecule has 1 saturated carbocycles. The standard InChI is InChI=1S/C9H18N2O2S/c12-14(13,9-3-4-9)11-7-8-2-1-5-10-6-8/h8-11H,1-7H2/t8-/m1/s1. The van der Waals surface area contributed by atoms with E-state index in [1.165, 1.54) is 0 Å². The monoisotopic (exact) mass is 218 g/mol. The van der Waals surface area contributed by atoms with Gasteiger partial charge in [-0.1, -0.05) is 0 Å². The van der Waals surface area contributed by atoms with E-state index in [4.69, 9.17) is 0 Å². The van der Waals surface area contributed by atoms with Crippen molar-refractivity contribution in [3.8, 4) is 0 Å². The van der Waals surface area contributed by atoms with E-state index >= 15 is 0 Å². The lowest BCUT2D eigenvalue weighted by Crippen LogP contribution is -2.39. The number of piperidine rings is 1. The van der Waals surface area contributed by atoms with Gasteiger partial charge >= 0.3 is 0 Å². The maximum Gasteiger partial charge on any atom is 0.214 e. The molecule has 1 aliphatic carbocycles. The highest BCUT2D eigenvalue weighted by Gasteiger charge is 2.35. The van der Waals surface area contributed by atoms with Gasteiger partial charge in [0, 0.05) is 6.54 Å². The Morgan fingerprint density at radius 1 is 1.29 bits per heavy atom. The lowest BCUT2D eigenvalue weighted by Gasteiger charge is -2.22. The Morgan fingerprint density at radius 2 is 2.07 bits per heavy atom. The van der Waals surface area contributed by atoms with E-state index in [1.807, 2.05) is 0 Å². The van der Waals surface area contributed by atoms with E-state index in [2.05, 4.69) is 10.0 Å². The molecule has 0 aromatic rings. The van der Waals surface area contributed by atoms with E-state index in [0.29, 0.717) is 12.5 Å². The highest BCUT2D eigenvalue weighted by molar-refractivity contribution is 7.90. The fraction of sp³-hybridized carbons (Fsp3) is 1.00. The number of sulfonamides is 1. The van der Waals surface area contributed by atoms with Crippen molar-refractivity contribution >= 4 is 10.0 Å². The maximum atomic E-state index is 11.5. The summed E-state index contributed by atoms with van der Waals surface area (Å²) in [5.74, 6) is 0.484. The molecule has 0 unspecified atom stereocenters. The van der Waals surface area contributed by atoms with Gasteiger partial charge in [0.2, 0.25) is 10.0 Å². The summed E-state index contributed by atoms with van der Waals surface area (Å²) < 4.78 is 25.7. The predicted octanol–water partition coefficient (Wildman–Crippen LogP) is 0.0678. The molecule has 2 N–H and O–H groups in total. The Hall–Kier alpha value is -0.130. The molecular weight excluding hydrogens is 200 g/mol. The van der Waals surface area contributed by atoms with Crippen LogP contribution >= 0.6 is 0 Å². The first-order chi connectivity index (χ1) is 6.68. The Kier molecular flexibility index (Phi) is 3.09. The smallest absolute Gasteiger partial charge is 0.214 e. The number of nitrogens with one attached hydrogen (secondary N) is 2. The van der Waals surface area contributed by atoms with Gasteiger partial charge in [0.1, 0.15) is 0 Å². The fourth-order valence-corrected chi connectivity index (χ4v) is 3.29. The van der Waals surface area contributed by atoms with E-state index in [-0.39, 0.29) is 5.25 Å². The molecule has 0 spiro atoms. The van der Waals surface area contributed by atoms with Crippen LogP contribution in [-0.2, 0) is 10.0 Å². The molecule has 0 aromatic carbocycles. The Morgan fingerprint density at radius 3 is 2.64 bits per heavy atom. The predicted molar refractivity (Wildman–Crippen MR) is 55.5 cm³/mol. The summed E-state index contributed by atoms with van der Waals surface area (Å²) in [4.78, 5) is 0. The van der Waals surface area contributed by atoms with Gasteiger partial charge in [0.05, 0.1) is 5.25 Å². The number of hydrogen-bond donors (Lipinski definition) is 2. The van der Waals surface area contributed by atoms with Crippen LogP contribution in [0.2, 0.25) is 0 Å². The van der Waals surface area contributed by atoms with Crippen molar-refractivity contribution in [1.82, 2.24) is 10.0 Å². The van der Waals surface area contributed by atoms with Gasteiger partial charge in [-0.3, -0.25) is 0 Å². The summed E-state index contributed by atoms with van der Waals surface area (Å²) in [6.45, 7) is 2.64. The van der Waals surface area contributed by atoms with Crippen LogP contribution in [0.4, 0.5) is 0 Å². The van der Waals surface area contributed by atoms with E-state index in [9.17, 15) is 8.42 Å². The highest BCUT2D eigenvalue weighted by atomic mass is 32.2. The molecule has 2 fully saturated rings. The van der Waals surface area contributed by atoms with Crippen molar-refractivity contribution in [3.63, 3.8) is 0 Å². The molecule has 14 heavy (non-hydrogen) atoms. The Balaban J connectivity index is 1.75. The SMILES string of the molecule is O=S(=O)(NC[C@@H]1CCCNC1)C1CC1. The molecule has 2 aliphatic rings. The summed E-state index contributed by atoms with van der Waals surface area (Å²) in [5, 5.41) is 3.20. The lowest BCUT2D eigenvalue weighted by molar-refractivity contribution is 0.376. The van der Waals surface area contributed by atoms with Crippen LogP contribution in [0.3, 0.4) is 0 Å². The van der Waals surface area contributed by atoms with E-state index in [0.717, 1.165) is 38.8 Å². The Labute approximate surface area is 85.5 Å². The van der Waals surface area contributed by atoms with Gasteiger partial charge in [-0.25, -0.2) is 13.1 Å². The maximum absolute atomic E-state index is 11.5. The third kappa shape index (κ3) is 2.68. The van der Waals surface area contributed by atoms with Crippen molar-refractivity contribution in [2.24, 2.45) is 5.92 Å². The molecule has 0 radical (unpaired) electrons. The molecule has 0 aromatic heterocycles. The molecule has 0 bridgehead atoms. The van der Waals surface area contributed by atoms with Gasteiger partial charge in [0.25, 0.3) is 0 Å². The summed E-state index contributed by atoms with van der Waals surface area (Å²) in [7, 11) is -2.96. The van der Waals surface area contributed by atoms with E-state index in [1.54, 1.807) is 0 Å². The summed E-state index contributed by atoms with van der Waals surface area (Å²) in [6, 6.07) is 0. The molecule has 5 heteroatoms. The average Bonchev–Trinajstić information content (AvgIpc) is 3.00. The van der Waals surface area contributed by atoms with Crippen LogP contribution in [0.25, 0.3) is 0 Å². The molecule has 1 aliphatic heterocycles. The summed E-state index contributed by atoms with van der Waals surface area (Å²) >= 11 is 0. The second-order valence-corrected chi connectivity index (χ2v) is 6.35. The zero-order chi connectivity index (χ0) is 10.0. The first kappa shape index (κ1) is 10.4. The number of rotatable bonds is 4. The van der Waals surface area contributed by atoms with Crippen LogP contribution in [0, 0.1) is 5.92 Å². The van der Waals surface area contributed by atoms with Crippen LogP contribution < -0.4 is 10.0 Å². The summed E-state index contributed by atoms with van der Waals surface area (Å²) in [5.41, 5.74) is 0. The second-order valence-electron chi connectivity index (χ2n) is 4.31. The lowest BCUT2D eigenvalue weighted by atomic mass is 10.0. The third-order valence-corrected chi connectivity index (χ3v) is 4.85. The van der Waals surface area contributed by atoms with Crippen LogP contribution in [0.1, 0.15) is 25.7 Å². The first-order valence-corrected chi connectivity index (χ1v) is 6.92. The van der Waals surface area contributed by atoms with Crippen LogP contribution in [0.5, 0.6) is 0 Å². The molecule has 2 rings (SSSR count). The largest absolute Gasteiger partial charge is 0.316 e. The molecule has 1 atom stereocenters. The highest BCUT2D eigenvalue weighted by Crippen LogP contribution is 2.27. The van der Waals surface area contributed by atoms with Crippen molar-refractivity contribution in [2.45, 2.75) is 30.9 Å². The molecule has 1 saturated heterocycles. The number of hydrogen-bond acceptors (Lipinski definition) is 3. The minimum Gasteiger partial charge on any atom is -0.316 e. The molecule has 1 heterocycles. The van der Waals surface area contributed by atoms with Crippen molar-refractivity contribution < 1.29 is 8.42 Å². The first-order valence-electron chi connectivity index (χ1n) is 5.38. The van der Waals surface area contributed by atoms with E-state index < -0.39 is 10.0 Å². The minimum absolute atomic E-state index is 0.0842. The second kappa shape index (κ2) is 4.16. The van der Waals surface area contributed by atoms with Gasteiger partial charge < -0.3 is 5.32 Å². The van der Waals surface area contributed by atoms with Gasteiger partial charge in [0.15, 0.2) is 0 Å². The molecular formula is C9H18N2O2S. The topological polar surface area (TPSA) is 58.2 Å². The Bertz CT molecular complexity index is 279. The molecule has 82 valence electrons. The van der Waals surface area contributed by atoms with Gasteiger partial charge in [-0.15, -0.1) is 0 Å². The quantitative estimate of drug-likeness (QED) is 0.702. The summed E-state index contributed by atoms with van der Waals surface area (Å²) in [6.07, 6.45) is 3.99. The zero-order valence-corrected chi connectivity index (χ0v) is 9.15. The molecule has 4 nitrogen and oxygen atoms in total. The average molecular weight is 218 g/mol. The van der Waals surface area contributed by atoms with Crippen molar-refractivity contribution in [2.75, 3.05) is 19.6 Å². The van der Waals surface area contributed by atoms with Crippen molar-refractivity contribution in [3.05, 3.63) is 0 Å². The normalized spacial score (nSPS) is 29.0. The van der Waals surface area contributed by atoms with Gasteiger partial charge in [-0.2, -0.15) is 0 Å². The third-order valence-electron chi connectivity index (χ3n) is 2.94. The van der Waals surface area contributed by atoms with Crippen LogP contribution in [0.15, 0.2) is 0 Å². The minimum atomic E-state index is -2.96. The zero-order valence-electron chi connectivity index (χ0n) is 8.33. The van der Waals surface area contributed by atoms with Crippen LogP contribution in [-0.4, -0.2) is 33.3 Å². The van der Waals surface area contributed by atoms with Gasteiger partial charge in [-0.05, 0) is 44.7 Å². The van der Waals surface area contributed by atoms with Crippen molar-refractivity contribution in [1.29, 1.82) is 0 Å². The fourth-order valence-electron chi connectivity index (χ4n) is 1.83.